The van der Waals surface area contributed by atoms with Crippen molar-refractivity contribution >= 4 is 24.0 Å². The third-order valence-corrected chi connectivity index (χ3v) is 2.26. The minimum absolute atomic E-state index is 0. The van der Waals surface area contributed by atoms with Crippen LogP contribution in [0, 0.1) is 0 Å². The monoisotopic (exact) mass is 272 g/mol. The smallest absolute Gasteiger partial charge is 0.225 e. The molecule has 0 aliphatic rings. The molecule has 4 nitrogen and oxygen atoms in total. The van der Waals surface area contributed by atoms with E-state index in [1.165, 1.54) is 0 Å². The number of nitrogens with one attached hydrogen (secondary N) is 1. The van der Waals surface area contributed by atoms with Gasteiger partial charge in [-0.2, -0.15) is 0 Å². The lowest BCUT2D eigenvalue weighted by Crippen LogP contribution is -2.16. The zero-order valence-corrected chi connectivity index (χ0v) is 11.5. The summed E-state index contributed by atoms with van der Waals surface area (Å²) < 4.78 is 5.55. The fourth-order valence-electron chi connectivity index (χ4n) is 1.35. The molecule has 0 unspecified atom stereocenters. The van der Waals surface area contributed by atoms with Crippen LogP contribution in [0.4, 0.5) is 5.69 Å². The molecule has 0 radical (unpaired) electrons. The molecule has 0 atom stereocenters. The number of carbonyl (C=O) groups excluding carboxylic acids is 1. The second kappa shape index (κ2) is 9.74. The molecule has 0 aliphatic heterocycles. The Morgan fingerprint density at radius 1 is 1.44 bits per heavy atom. The van der Waals surface area contributed by atoms with Crippen molar-refractivity contribution in [2.75, 3.05) is 18.5 Å². The number of amides is 1. The van der Waals surface area contributed by atoms with E-state index in [-0.39, 0.29) is 18.3 Å². The van der Waals surface area contributed by atoms with Crippen LogP contribution in [0.2, 0.25) is 0 Å². The summed E-state index contributed by atoms with van der Waals surface area (Å²) in [5.41, 5.74) is 6.06. The van der Waals surface area contributed by atoms with Crippen LogP contribution in [0.3, 0.4) is 0 Å². The van der Waals surface area contributed by atoms with Crippen LogP contribution in [0.5, 0.6) is 5.75 Å². The Labute approximate surface area is 114 Å². The van der Waals surface area contributed by atoms with Crippen LogP contribution >= 0.6 is 12.4 Å². The van der Waals surface area contributed by atoms with E-state index in [4.69, 9.17) is 10.5 Å². The van der Waals surface area contributed by atoms with Crippen molar-refractivity contribution in [1.82, 2.24) is 0 Å². The topological polar surface area (TPSA) is 64.3 Å². The van der Waals surface area contributed by atoms with Crippen molar-refractivity contribution in [3.63, 3.8) is 0 Å². The molecular weight excluding hydrogens is 252 g/mol. The van der Waals surface area contributed by atoms with E-state index in [1.54, 1.807) is 0 Å². The average molecular weight is 273 g/mol. The highest BCUT2D eigenvalue weighted by molar-refractivity contribution is 5.90. The molecule has 0 saturated carbocycles. The van der Waals surface area contributed by atoms with E-state index in [0.717, 1.165) is 24.3 Å². The number of carbonyl (C=O) groups is 1. The largest absolute Gasteiger partial charge is 0.494 e. The van der Waals surface area contributed by atoms with E-state index in [1.807, 2.05) is 24.3 Å². The Bertz CT molecular complexity index is 359. The average Bonchev–Trinajstić information content (AvgIpc) is 2.30. The van der Waals surface area contributed by atoms with Gasteiger partial charge in [0.1, 0.15) is 5.75 Å². The maximum atomic E-state index is 11.4. The summed E-state index contributed by atoms with van der Waals surface area (Å²) in [5, 5.41) is 2.77. The predicted octanol–water partition coefficient (Wildman–Crippen LogP) is 2.57. The summed E-state index contributed by atoms with van der Waals surface area (Å²) in [5.74, 6) is 0.710. The molecular formula is C13H21ClN2O2. The van der Waals surface area contributed by atoms with Crippen molar-refractivity contribution < 1.29 is 9.53 Å². The first-order valence-electron chi connectivity index (χ1n) is 5.99. The Morgan fingerprint density at radius 3 is 2.89 bits per heavy atom. The molecule has 0 fully saturated rings. The molecule has 1 aromatic rings. The highest BCUT2D eigenvalue weighted by atomic mass is 35.5. The first kappa shape index (κ1) is 16.7. The Morgan fingerprint density at radius 2 is 2.22 bits per heavy atom. The van der Waals surface area contributed by atoms with Gasteiger partial charge in [0, 0.05) is 24.7 Å². The maximum absolute atomic E-state index is 11.4. The van der Waals surface area contributed by atoms with Crippen molar-refractivity contribution in [1.29, 1.82) is 0 Å². The molecule has 0 spiro atoms. The molecule has 0 aliphatic carbocycles. The molecule has 0 bridgehead atoms. The second-order valence-electron chi connectivity index (χ2n) is 3.82. The van der Waals surface area contributed by atoms with Crippen molar-refractivity contribution in [2.24, 2.45) is 5.73 Å². The number of benzene rings is 1. The zero-order valence-electron chi connectivity index (χ0n) is 10.6. The van der Waals surface area contributed by atoms with Crippen molar-refractivity contribution in [3.8, 4) is 5.75 Å². The summed E-state index contributed by atoms with van der Waals surface area (Å²) in [6.07, 6.45) is 2.47. The Kier molecular flexibility index (Phi) is 9.06. The second-order valence-corrected chi connectivity index (χ2v) is 3.82. The van der Waals surface area contributed by atoms with Crippen LogP contribution in [-0.2, 0) is 4.79 Å². The van der Waals surface area contributed by atoms with Gasteiger partial charge in [0.15, 0.2) is 0 Å². The van der Waals surface area contributed by atoms with Gasteiger partial charge in [-0.3, -0.25) is 4.79 Å². The van der Waals surface area contributed by atoms with Gasteiger partial charge in [0.2, 0.25) is 5.91 Å². The molecule has 0 aromatic heterocycles. The number of hydrogen-bond donors (Lipinski definition) is 2. The fraction of sp³-hybridized carbons (Fsp3) is 0.462. The third kappa shape index (κ3) is 6.47. The van der Waals surface area contributed by atoms with Gasteiger partial charge >= 0.3 is 0 Å². The Hall–Kier alpha value is -1.26. The molecule has 18 heavy (non-hydrogen) atoms. The summed E-state index contributed by atoms with van der Waals surface area (Å²) >= 11 is 0. The number of nitrogens with two attached hydrogens (primary N) is 1. The van der Waals surface area contributed by atoms with Crippen LogP contribution < -0.4 is 15.8 Å². The van der Waals surface area contributed by atoms with Gasteiger partial charge < -0.3 is 15.8 Å². The van der Waals surface area contributed by atoms with Crippen LogP contribution in [0.15, 0.2) is 24.3 Å². The SMILES string of the molecule is CCCCOc1cccc(NC(=O)CCN)c1.Cl. The predicted molar refractivity (Wildman–Crippen MR) is 76.4 cm³/mol. The standard InChI is InChI=1S/C13H20N2O2.ClH/c1-2-3-9-17-12-6-4-5-11(10-12)15-13(16)7-8-14;/h4-6,10H,2-3,7-9,14H2,1H3,(H,15,16);1H. The number of hydrogen-bond acceptors (Lipinski definition) is 3. The van der Waals surface area contributed by atoms with Gasteiger partial charge in [0.05, 0.1) is 6.61 Å². The Balaban J connectivity index is 0.00000289. The fourth-order valence-corrected chi connectivity index (χ4v) is 1.35. The van der Waals surface area contributed by atoms with E-state index in [2.05, 4.69) is 12.2 Å². The summed E-state index contributed by atoms with van der Waals surface area (Å²) in [4.78, 5) is 11.4. The van der Waals surface area contributed by atoms with Crippen LogP contribution in [0.1, 0.15) is 26.2 Å². The third-order valence-electron chi connectivity index (χ3n) is 2.26. The number of anilines is 1. The molecule has 3 N–H and O–H groups in total. The molecule has 1 aromatic carbocycles. The molecule has 0 heterocycles. The lowest BCUT2D eigenvalue weighted by atomic mass is 10.3. The van der Waals surface area contributed by atoms with E-state index < -0.39 is 0 Å². The van der Waals surface area contributed by atoms with Gasteiger partial charge in [0.25, 0.3) is 0 Å². The van der Waals surface area contributed by atoms with E-state index >= 15 is 0 Å². The van der Waals surface area contributed by atoms with E-state index in [9.17, 15) is 4.79 Å². The molecule has 5 heteroatoms. The molecule has 1 rings (SSSR count). The summed E-state index contributed by atoms with van der Waals surface area (Å²) in [6, 6.07) is 7.40. The van der Waals surface area contributed by atoms with Gasteiger partial charge in [-0.05, 0) is 18.6 Å². The van der Waals surface area contributed by atoms with Gasteiger partial charge in [-0.25, -0.2) is 0 Å². The first-order chi connectivity index (χ1) is 8.26. The number of unbranched alkanes of at least 4 members (excludes halogenated alkanes) is 1. The van der Waals surface area contributed by atoms with E-state index in [0.29, 0.717) is 19.6 Å². The molecule has 102 valence electrons. The minimum Gasteiger partial charge on any atom is -0.494 e. The highest BCUT2D eigenvalue weighted by Crippen LogP contribution is 2.17. The minimum atomic E-state index is -0.0711. The van der Waals surface area contributed by atoms with Crippen molar-refractivity contribution in [2.45, 2.75) is 26.2 Å². The van der Waals surface area contributed by atoms with Gasteiger partial charge in [-0.15, -0.1) is 12.4 Å². The lowest BCUT2D eigenvalue weighted by molar-refractivity contribution is -0.116. The number of ether oxygens (including phenoxy) is 1. The quantitative estimate of drug-likeness (QED) is 0.750. The summed E-state index contributed by atoms with van der Waals surface area (Å²) in [7, 11) is 0. The first-order valence-corrected chi connectivity index (χ1v) is 5.99. The lowest BCUT2D eigenvalue weighted by Gasteiger charge is -2.08. The highest BCUT2D eigenvalue weighted by Gasteiger charge is 2.01. The van der Waals surface area contributed by atoms with Crippen LogP contribution in [-0.4, -0.2) is 19.1 Å². The number of halogens is 1. The zero-order chi connectivity index (χ0) is 12.5. The number of rotatable bonds is 7. The molecule has 0 saturated heterocycles. The summed E-state index contributed by atoms with van der Waals surface area (Å²) in [6.45, 7) is 3.18. The van der Waals surface area contributed by atoms with Crippen LogP contribution in [0.25, 0.3) is 0 Å². The normalized spacial score (nSPS) is 9.44. The van der Waals surface area contributed by atoms with Crippen molar-refractivity contribution in [3.05, 3.63) is 24.3 Å². The maximum Gasteiger partial charge on any atom is 0.225 e. The van der Waals surface area contributed by atoms with Gasteiger partial charge in [-0.1, -0.05) is 19.4 Å². The molecule has 1 amide bonds.